The van der Waals surface area contributed by atoms with Crippen LogP contribution in [0.5, 0.6) is 0 Å². The largest absolute Gasteiger partial charge is 0.310 e. The molecule has 0 unspecified atom stereocenters. The minimum Gasteiger partial charge on any atom is -0.310 e. The van der Waals surface area contributed by atoms with Gasteiger partial charge in [0.05, 0.1) is 28.2 Å². The van der Waals surface area contributed by atoms with E-state index in [2.05, 4.69) is 329 Å². The Hall–Kier alpha value is -10.0. The van der Waals surface area contributed by atoms with Gasteiger partial charge in [-0.1, -0.05) is 264 Å². The highest BCUT2D eigenvalue weighted by atomic mass is 15.2. The van der Waals surface area contributed by atoms with E-state index in [-0.39, 0.29) is 10.8 Å². The first-order valence-corrected chi connectivity index (χ1v) is 29.2. The molecule has 83 heavy (non-hydrogen) atoms. The lowest BCUT2D eigenvalue weighted by molar-refractivity contribution is 0.598. The molecule has 394 valence electrons. The average molecular weight is 1060 g/mol. The molecule has 2 aliphatic heterocycles. The standard InChI is InChI=1S/C81H60N2/c1-79(2)70-36-20-22-38-76(70)83-77-39-23-21-37-71(77)80(3,4)74-51-55(50-73(79)78(74)83)60-46-47-64(62-31-15-14-30-61(60)62)65-48-49-75(68-34-17-16-32-63(65)68)82(58-42-40-54(41-43-58)53-24-8-5-9-25-53)59-44-45-67-66-33-18-19-35-69(66)81(72(67)52-59,56-26-10-6-11-27-56)57-28-12-7-13-29-57/h5-52H,1-4H3. The highest BCUT2D eigenvalue weighted by Gasteiger charge is 2.48. The Labute approximate surface area is 486 Å². The number of nitrogens with zero attached hydrogens (tertiary/aromatic N) is 2. The Kier molecular flexibility index (Phi) is 10.9. The summed E-state index contributed by atoms with van der Waals surface area (Å²) in [5, 5.41) is 4.85. The zero-order valence-electron chi connectivity index (χ0n) is 47.1. The Balaban J connectivity index is 0.882. The lowest BCUT2D eigenvalue weighted by Gasteiger charge is -2.49. The number of fused-ring (bicyclic) bond motifs is 9. The fourth-order valence-corrected chi connectivity index (χ4v) is 15.0. The second-order valence-electron chi connectivity index (χ2n) is 23.9. The maximum absolute atomic E-state index is 2.55. The van der Waals surface area contributed by atoms with E-state index < -0.39 is 5.41 Å². The van der Waals surface area contributed by atoms with E-state index in [0.29, 0.717) is 0 Å². The molecule has 0 amide bonds. The molecule has 16 rings (SSSR count). The summed E-state index contributed by atoms with van der Waals surface area (Å²) in [7, 11) is 0. The highest BCUT2D eigenvalue weighted by Crippen LogP contribution is 2.62. The average Bonchev–Trinajstić information content (AvgIpc) is 2.04. The number of benzene rings is 13. The maximum atomic E-state index is 2.55. The number of rotatable bonds is 8. The van der Waals surface area contributed by atoms with Crippen molar-refractivity contribution in [3.8, 4) is 44.5 Å². The molecule has 13 aromatic rings. The number of anilines is 6. The van der Waals surface area contributed by atoms with Gasteiger partial charge >= 0.3 is 0 Å². The molecule has 0 spiro atoms. The normalized spacial score (nSPS) is 14.5. The van der Waals surface area contributed by atoms with E-state index >= 15 is 0 Å². The van der Waals surface area contributed by atoms with Crippen molar-refractivity contribution >= 4 is 55.7 Å². The molecule has 0 aromatic heterocycles. The third-order valence-electron chi connectivity index (χ3n) is 18.9. The van der Waals surface area contributed by atoms with Crippen LogP contribution in [0.4, 0.5) is 34.1 Å². The fourth-order valence-electron chi connectivity index (χ4n) is 15.0. The SMILES string of the molecule is CC1(C)c2ccccc2N2c3ccccc3C(C)(C)c3cc(-c4ccc(-c5ccc(N(c6ccc(-c7ccccc7)cc6)c6ccc7c(c6)C(c6ccccc6)(c6ccccc6)c6ccccc6-7)c6ccccc56)c5ccccc45)cc1c32. The molecule has 3 aliphatic rings. The number of hydrogen-bond acceptors (Lipinski definition) is 2. The van der Waals surface area contributed by atoms with Crippen molar-refractivity contribution in [1.29, 1.82) is 0 Å². The van der Waals surface area contributed by atoms with Crippen molar-refractivity contribution in [3.05, 3.63) is 336 Å². The molecule has 0 saturated carbocycles. The summed E-state index contributed by atoms with van der Waals surface area (Å²) in [6.45, 7) is 9.66. The Morgan fingerprint density at radius 3 is 1.30 bits per heavy atom. The molecule has 13 aromatic carbocycles. The van der Waals surface area contributed by atoms with E-state index in [1.807, 2.05) is 0 Å². The first-order valence-electron chi connectivity index (χ1n) is 29.2. The number of hydrogen-bond donors (Lipinski definition) is 0. The molecule has 2 nitrogen and oxygen atoms in total. The molecule has 1 aliphatic carbocycles. The minimum absolute atomic E-state index is 0.235. The van der Waals surface area contributed by atoms with Crippen LogP contribution in [0.25, 0.3) is 66.1 Å². The molecule has 0 atom stereocenters. The monoisotopic (exact) mass is 1060 g/mol. The third kappa shape index (κ3) is 7.15. The van der Waals surface area contributed by atoms with Crippen molar-refractivity contribution in [3.63, 3.8) is 0 Å². The number of para-hydroxylation sites is 2. The summed E-state index contributed by atoms with van der Waals surface area (Å²) in [5.41, 5.74) is 26.4. The van der Waals surface area contributed by atoms with Gasteiger partial charge in [-0.05, 0) is 160 Å². The second-order valence-corrected chi connectivity index (χ2v) is 23.9. The minimum atomic E-state index is -0.549. The van der Waals surface area contributed by atoms with Crippen LogP contribution in [0.2, 0.25) is 0 Å². The Morgan fingerprint density at radius 2 is 0.699 bits per heavy atom. The van der Waals surface area contributed by atoms with Gasteiger partial charge < -0.3 is 9.80 Å². The van der Waals surface area contributed by atoms with Gasteiger partial charge in [0.1, 0.15) is 0 Å². The van der Waals surface area contributed by atoms with Crippen LogP contribution in [0.15, 0.2) is 291 Å². The first-order chi connectivity index (χ1) is 40.7. The predicted octanol–water partition coefficient (Wildman–Crippen LogP) is 21.6. The van der Waals surface area contributed by atoms with Crippen LogP contribution in [-0.2, 0) is 16.2 Å². The van der Waals surface area contributed by atoms with Crippen molar-refractivity contribution in [1.82, 2.24) is 0 Å². The Morgan fingerprint density at radius 1 is 0.277 bits per heavy atom. The van der Waals surface area contributed by atoms with Gasteiger partial charge in [0.2, 0.25) is 0 Å². The lowest BCUT2D eigenvalue weighted by Crippen LogP contribution is -2.38. The van der Waals surface area contributed by atoms with E-state index in [1.165, 1.54) is 128 Å². The summed E-state index contributed by atoms with van der Waals surface area (Å²) in [6, 6.07) is 109. The predicted molar refractivity (Wildman–Crippen MR) is 349 cm³/mol. The van der Waals surface area contributed by atoms with E-state index in [4.69, 9.17) is 0 Å². The zero-order valence-corrected chi connectivity index (χ0v) is 47.1. The fraction of sp³-hybridized carbons (Fsp3) is 0.0864. The maximum Gasteiger partial charge on any atom is 0.0714 e. The molecular weight excluding hydrogens is 1000 g/mol. The van der Waals surface area contributed by atoms with Crippen LogP contribution in [0.3, 0.4) is 0 Å². The third-order valence-corrected chi connectivity index (χ3v) is 18.9. The van der Waals surface area contributed by atoms with Crippen LogP contribution >= 0.6 is 0 Å². The highest BCUT2D eigenvalue weighted by molar-refractivity contribution is 6.13. The van der Waals surface area contributed by atoms with E-state index in [1.54, 1.807) is 0 Å². The van der Waals surface area contributed by atoms with E-state index in [9.17, 15) is 0 Å². The van der Waals surface area contributed by atoms with Crippen LogP contribution in [0.1, 0.15) is 72.2 Å². The van der Waals surface area contributed by atoms with Gasteiger partial charge in [0.15, 0.2) is 0 Å². The zero-order chi connectivity index (χ0) is 55.6. The molecule has 2 heteroatoms. The topological polar surface area (TPSA) is 6.48 Å². The lowest BCUT2D eigenvalue weighted by atomic mass is 9.65. The summed E-state index contributed by atoms with van der Waals surface area (Å²) >= 11 is 0. The van der Waals surface area contributed by atoms with Crippen molar-refractivity contribution < 1.29 is 0 Å². The van der Waals surface area contributed by atoms with Crippen LogP contribution in [0, 0.1) is 0 Å². The van der Waals surface area contributed by atoms with E-state index in [0.717, 1.165) is 17.1 Å². The van der Waals surface area contributed by atoms with Gasteiger partial charge in [0, 0.05) is 27.6 Å². The summed E-state index contributed by atoms with van der Waals surface area (Å²) < 4.78 is 0. The molecule has 0 saturated heterocycles. The molecule has 0 radical (unpaired) electrons. The van der Waals surface area contributed by atoms with Crippen molar-refractivity contribution in [2.75, 3.05) is 9.80 Å². The second kappa shape index (κ2) is 18.5. The van der Waals surface area contributed by atoms with Crippen LogP contribution in [-0.4, -0.2) is 0 Å². The van der Waals surface area contributed by atoms with Gasteiger partial charge in [-0.3, -0.25) is 0 Å². The summed E-state index contributed by atoms with van der Waals surface area (Å²) in [4.78, 5) is 5.05. The smallest absolute Gasteiger partial charge is 0.0714 e. The molecule has 2 heterocycles. The summed E-state index contributed by atoms with van der Waals surface area (Å²) in [5.74, 6) is 0. The van der Waals surface area contributed by atoms with Gasteiger partial charge in [-0.25, -0.2) is 0 Å². The Bertz CT molecular complexity index is 4600. The van der Waals surface area contributed by atoms with Crippen molar-refractivity contribution in [2.45, 2.75) is 43.9 Å². The molecular formula is C81H60N2. The quantitative estimate of drug-likeness (QED) is 0.150. The van der Waals surface area contributed by atoms with Gasteiger partial charge in [0.25, 0.3) is 0 Å². The van der Waals surface area contributed by atoms with Gasteiger partial charge in [-0.15, -0.1) is 0 Å². The molecule has 0 fully saturated rings. The summed E-state index contributed by atoms with van der Waals surface area (Å²) in [6.07, 6.45) is 0. The molecule has 0 bridgehead atoms. The van der Waals surface area contributed by atoms with Crippen LogP contribution < -0.4 is 9.80 Å². The molecule has 0 N–H and O–H groups in total. The van der Waals surface area contributed by atoms with Crippen molar-refractivity contribution in [2.24, 2.45) is 0 Å². The van der Waals surface area contributed by atoms with Gasteiger partial charge in [-0.2, -0.15) is 0 Å². The first kappa shape index (κ1) is 48.8.